The maximum absolute atomic E-state index is 12.4. The molecule has 0 saturated heterocycles. The molecular formula is C22H28O4Sn. The van der Waals surface area contributed by atoms with Gasteiger partial charge in [-0.05, 0) is 0 Å². The summed E-state index contributed by atoms with van der Waals surface area (Å²) in [6.07, 6.45) is 3.94. The summed E-state index contributed by atoms with van der Waals surface area (Å²) < 4.78 is 14.5. The van der Waals surface area contributed by atoms with Crippen molar-refractivity contribution in [2.45, 2.75) is 48.4 Å². The minimum atomic E-state index is -3.78. The predicted molar refractivity (Wildman–Crippen MR) is 112 cm³/mol. The molecule has 0 heterocycles. The summed E-state index contributed by atoms with van der Waals surface area (Å²) in [4.78, 5) is 24.8. The van der Waals surface area contributed by atoms with E-state index in [9.17, 15) is 9.59 Å². The first-order chi connectivity index (χ1) is 13.1. The monoisotopic (exact) mass is 476 g/mol. The molecule has 27 heavy (non-hydrogen) atoms. The summed E-state index contributed by atoms with van der Waals surface area (Å²) in [6.45, 7) is 4.25. The van der Waals surface area contributed by atoms with Gasteiger partial charge in [-0.3, -0.25) is 0 Å². The summed E-state index contributed by atoms with van der Waals surface area (Å²) >= 11 is -3.78. The normalized spacial score (nSPS) is 11.0. The van der Waals surface area contributed by atoms with Gasteiger partial charge in [-0.25, -0.2) is 0 Å². The molecule has 0 aliphatic carbocycles. The third-order valence-electron chi connectivity index (χ3n) is 4.33. The van der Waals surface area contributed by atoms with Crippen molar-refractivity contribution in [1.29, 1.82) is 0 Å². The minimum absolute atomic E-state index is 0.154. The number of hydrogen-bond donors (Lipinski definition) is 0. The summed E-state index contributed by atoms with van der Waals surface area (Å²) in [5.41, 5.74) is -0.308. The molecule has 0 aliphatic rings. The zero-order valence-electron chi connectivity index (χ0n) is 16.1. The average molecular weight is 475 g/mol. The van der Waals surface area contributed by atoms with Crippen molar-refractivity contribution in [3.8, 4) is 11.5 Å². The van der Waals surface area contributed by atoms with Crippen LogP contribution in [0.4, 0.5) is 0 Å². The second kappa shape index (κ2) is 11.1. The van der Waals surface area contributed by atoms with E-state index in [-0.39, 0.29) is 10.9 Å². The number of unbranched alkanes of at least 4 members (excludes halogenated alkanes) is 2. The Hall–Kier alpha value is -1.82. The van der Waals surface area contributed by atoms with E-state index >= 15 is 0 Å². The van der Waals surface area contributed by atoms with Gasteiger partial charge in [0.1, 0.15) is 0 Å². The molecule has 0 atom stereocenters. The van der Waals surface area contributed by atoms with E-state index in [0.717, 1.165) is 34.6 Å². The van der Waals surface area contributed by atoms with Crippen molar-refractivity contribution >= 4 is 19.2 Å². The molecule has 4 nitrogen and oxygen atoms in total. The van der Waals surface area contributed by atoms with Gasteiger partial charge in [0, 0.05) is 0 Å². The standard InChI is InChI=1S/2C7H6O2.2C4H9.Sn/c2*8-6-4-2-1-3-5-7(6)9;2*1-3-4-2;/h2*1-5H,(H,8,9);2*1,3-4H2,2H3;/q;;;;+2/p-2. The number of rotatable bonds is 10. The van der Waals surface area contributed by atoms with Crippen LogP contribution in [0.2, 0.25) is 8.87 Å². The zero-order chi connectivity index (χ0) is 19.5. The fourth-order valence-corrected chi connectivity index (χ4v) is 13.2. The molecule has 0 aromatic heterocycles. The van der Waals surface area contributed by atoms with Gasteiger partial charge in [-0.2, -0.15) is 0 Å². The van der Waals surface area contributed by atoms with Gasteiger partial charge in [0.25, 0.3) is 0 Å². The van der Waals surface area contributed by atoms with Gasteiger partial charge in [-0.1, -0.05) is 0 Å². The Morgan fingerprint density at radius 2 is 1.07 bits per heavy atom. The molecule has 0 N–H and O–H groups in total. The Bertz CT molecular complexity index is 767. The molecule has 0 saturated carbocycles. The van der Waals surface area contributed by atoms with Crippen LogP contribution in [-0.2, 0) is 0 Å². The van der Waals surface area contributed by atoms with E-state index in [1.807, 2.05) is 0 Å². The van der Waals surface area contributed by atoms with E-state index in [2.05, 4.69) is 13.8 Å². The molecule has 0 bridgehead atoms. The average Bonchev–Trinajstić information content (AvgIpc) is 2.99. The van der Waals surface area contributed by atoms with Crippen molar-refractivity contribution in [2.24, 2.45) is 0 Å². The second-order valence-electron chi connectivity index (χ2n) is 6.60. The second-order valence-corrected chi connectivity index (χ2v) is 15.8. The zero-order valence-corrected chi connectivity index (χ0v) is 19.0. The van der Waals surface area contributed by atoms with Gasteiger partial charge >= 0.3 is 166 Å². The molecule has 144 valence electrons. The first-order valence-electron chi connectivity index (χ1n) is 9.67. The van der Waals surface area contributed by atoms with Crippen LogP contribution < -0.4 is 17.0 Å². The fourth-order valence-electron chi connectivity index (χ4n) is 2.84. The third kappa shape index (κ3) is 6.69. The van der Waals surface area contributed by atoms with Crippen LogP contribution >= 0.6 is 0 Å². The Balaban J connectivity index is 2.48. The molecular weight excluding hydrogens is 447 g/mol. The van der Waals surface area contributed by atoms with Crippen LogP contribution in [-0.4, -0.2) is 19.2 Å². The van der Waals surface area contributed by atoms with Crippen molar-refractivity contribution < 1.29 is 6.15 Å². The predicted octanol–water partition coefficient (Wildman–Crippen LogP) is 4.91. The molecule has 2 aromatic rings. The van der Waals surface area contributed by atoms with E-state index in [1.165, 1.54) is 12.1 Å². The maximum atomic E-state index is 12.4. The van der Waals surface area contributed by atoms with Gasteiger partial charge in [0.05, 0.1) is 0 Å². The van der Waals surface area contributed by atoms with Crippen LogP contribution in [0, 0.1) is 0 Å². The van der Waals surface area contributed by atoms with Gasteiger partial charge < -0.3 is 0 Å². The fraction of sp³-hybridized carbons (Fsp3) is 0.364. The summed E-state index contributed by atoms with van der Waals surface area (Å²) in [5.74, 6) is 0.659. The van der Waals surface area contributed by atoms with Crippen LogP contribution in [0.15, 0.2) is 70.3 Å². The Kier molecular flexibility index (Phi) is 8.85. The van der Waals surface area contributed by atoms with E-state index < -0.39 is 19.2 Å². The Labute approximate surface area is 166 Å². The molecule has 0 aliphatic heterocycles. The molecule has 5 heteroatoms. The van der Waals surface area contributed by atoms with Crippen LogP contribution in [0.3, 0.4) is 0 Å². The molecule has 0 unspecified atom stereocenters. The number of hydrogen-bond acceptors (Lipinski definition) is 4. The van der Waals surface area contributed by atoms with E-state index in [4.69, 9.17) is 6.15 Å². The Morgan fingerprint density at radius 1 is 0.667 bits per heavy atom. The molecule has 0 amide bonds. The third-order valence-corrected chi connectivity index (χ3v) is 14.1. The summed E-state index contributed by atoms with van der Waals surface area (Å²) in [5, 5.41) is 0. The van der Waals surface area contributed by atoms with Crippen LogP contribution in [0.5, 0.6) is 11.5 Å². The molecule has 0 spiro atoms. The summed E-state index contributed by atoms with van der Waals surface area (Å²) in [7, 11) is 0. The van der Waals surface area contributed by atoms with Crippen molar-refractivity contribution in [3.63, 3.8) is 0 Å². The van der Waals surface area contributed by atoms with Crippen LogP contribution in [0.25, 0.3) is 0 Å². The molecule has 2 rings (SSSR count). The molecule has 0 fully saturated rings. The van der Waals surface area contributed by atoms with Gasteiger partial charge in [0.15, 0.2) is 0 Å². The SMILES string of the molecule is CCC[CH2][Sn]([CH2]CCC)([O]c1cccccc1=O)[O]c1cccccc1=O. The first-order valence-corrected chi connectivity index (χ1v) is 16.0. The first kappa shape index (κ1) is 21.5. The van der Waals surface area contributed by atoms with Crippen LogP contribution in [0.1, 0.15) is 39.5 Å². The van der Waals surface area contributed by atoms with Crippen molar-refractivity contribution in [3.05, 3.63) is 81.1 Å². The molecule has 0 radical (unpaired) electrons. The van der Waals surface area contributed by atoms with Gasteiger partial charge in [-0.15, -0.1) is 0 Å². The Morgan fingerprint density at radius 3 is 1.48 bits per heavy atom. The van der Waals surface area contributed by atoms with Crippen molar-refractivity contribution in [2.75, 3.05) is 0 Å². The van der Waals surface area contributed by atoms with E-state index in [1.54, 1.807) is 48.5 Å². The molecule has 2 aromatic carbocycles. The topological polar surface area (TPSA) is 52.6 Å². The quantitative estimate of drug-likeness (QED) is 0.459. The van der Waals surface area contributed by atoms with E-state index in [0.29, 0.717) is 11.5 Å². The summed E-state index contributed by atoms with van der Waals surface area (Å²) in [6, 6.07) is 17.0. The van der Waals surface area contributed by atoms with Crippen molar-refractivity contribution in [1.82, 2.24) is 0 Å². The van der Waals surface area contributed by atoms with Gasteiger partial charge in [0.2, 0.25) is 0 Å².